The number of hydrogen-bond donors (Lipinski definition) is 1. The third-order valence-electron chi connectivity index (χ3n) is 3.41. The Morgan fingerprint density at radius 3 is 2.57 bits per heavy atom. The van der Waals surface area contributed by atoms with E-state index in [0.717, 1.165) is 0 Å². The highest BCUT2D eigenvalue weighted by Gasteiger charge is 2.25. The summed E-state index contributed by atoms with van der Waals surface area (Å²) in [7, 11) is 1.27. The molecule has 7 nitrogen and oxygen atoms in total. The SMILES string of the molecule is CCc1[nH]c(C(=O)OCC(=O)c2ccco2)c(C)c1C(=O)OC. The van der Waals surface area contributed by atoms with E-state index in [1.54, 1.807) is 13.0 Å². The number of ether oxygens (including phenoxy) is 2. The van der Waals surface area contributed by atoms with Gasteiger partial charge in [-0.3, -0.25) is 4.79 Å². The third-order valence-corrected chi connectivity index (χ3v) is 3.41. The molecule has 7 heteroatoms. The van der Waals surface area contributed by atoms with Crippen molar-refractivity contribution in [2.24, 2.45) is 0 Å². The second-order valence-electron chi connectivity index (χ2n) is 4.80. The maximum atomic E-state index is 12.1. The quantitative estimate of drug-likeness (QED) is 0.648. The van der Waals surface area contributed by atoms with E-state index in [2.05, 4.69) is 4.98 Å². The minimum atomic E-state index is -0.716. The smallest absolute Gasteiger partial charge is 0.355 e. The van der Waals surface area contributed by atoms with Crippen LogP contribution in [0.2, 0.25) is 0 Å². The zero-order valence-corrected chi connectivity index (χ0v) is 13.1. The summed E-state index contributed by atoms with van der Waals surface area (Å²) in [5, 5.41) is 0. The van der Waals surface area contributed by atoms with E-state index in [0.29, 0.717) is 23.2 Å². The molecule has 1 N–H and O–H groups in total. The van der Waals surface area contributed by atoms with Crippen LogP contribution in [0, 0.1) is 6.92 Å². The second-order valence-corrected chi connectivity index (χ2v) is 4.80. The first-order valence-corrected chi connectivity index (χ1v) is 7.03. The molecule has 122 valence electrons. The lowest BCUT2D eigenvalue weighted by Gasteiger charge is -2.03. The van der Waals surface area contributed by atoms with Gasteiger partial charge in [-0.2, -0.15) is 0 Å². The Bertz CT molecular complexity index is 726. The van der Waals surface area contributed by atoms with Crippen LogP contribution in [0.3, 0.4) is 0 Å². The highest BCUT2D eigenvalue weighted by Crippen LogP contribution is 2.21. The van der Waals surface area contributed by atoms with E-state index in [-0.39, 0.29) is 11.5 Å². The Balaban J connectivity index is 2.15. The monoisotopic (exact) mass is 319 g/mol. The summed E-state index contributed by atoms with van der Waals surface area (Å²) in [6.07, 6.45) is 1.88. The molecule has 0 aliphatic carbocycles. The van der Waals surface area contributed by atoms with Gasteiger partial charge in [0.1, 0.15) is 5.69 Å². The Labute approximate surface area is 132 Å². The van der Waals surface area contributed by atoms with Gasteiger partial charge in [0.05, 0.1) is 18.9 Å². The van der Waals surface area contributed by atoms with E-state index in [4.69, 9.17) is 13.9 Å². The van der Waals surface area contributed by atoms with Gasteiger partial charge in [0, 0.05) is 5.69 Å². The Morgan fingerprint density at radius 1 is 1.26 bits per heavy atom. The average Bonchev–Trinajstić information content (AvgIpc) is 3.19. The van der Waals surface area contributed by atoms with Gasteiger partial charge in [0.25, 0.3) is 0 Å². The fraction of sp³-hybridized carbons (Fsp3) is 0.312. The number of carbonyl (C=O) groups excluding carboxylic acids is 3. The Morgan fingerprint density at radius 2 is 2.00 bits per heavy atom. The molecule has 2 aromatic rings. The van der Waals surface area contributed by atoms with Gasteiger partial charge in [0.2, 0.25) is 5.78 Å². The number of aromatic nitrogens is 1. The zero-order chi connectivity index (χ0) is 17.0. The highest BCUT2D eigenvalue weighted by atomic mass is 16.5. The van der Waals surface area contributed by atoms with Gasteiger partial charge in [-0.1, -0.05) is 6.92 Å². The number of H-pyrrole nitrogens is 1. The van der Waals surface area contributed by atoms with Crippen LogP contribution >= 0.6 is 0 Å². The topological polar surface area (TPSA) is 98.6 Å². The number of nitrogens with one attached hydrogen (secondary N) is 1. The molecule has 2 heterocycles. The van der Waals surface area contributed by atoms with Gasteiger partial charge >= 0.3 is 11.9 Å². The molecule has 0 aliphatic rings. The molecular weight excluding hydrogens is 302 g/mol. The van der Waals surface area contributed by atoms with Crippen molar-refractivity contribution in [2.75, 3.05) is 13.7 Å². The zero-order valence-electron chi connectivity index (χ0n) is 13.1. The summed E-state index contributed by atoms with van der Waals surface area (Å²) in [6.45, 7) is 3.01. The maximum Gasteiger partial charge on any atom is 0.355 e. The number of hydrogen-bond acceptors (Lipinski definition) is 6. The van der Waals surface area contributed by atoms with Crippen LogP contribution in [0.1, 0.15) is 49.6 Å². The number of rotatable bonds is 6. The number of carbonyl (C=O) groups is 3. The van der Waals surface area contributed by atoms with E-state index in [1.165, 1.54) is 19.4 Å². The lowest BCUT2D eigenvalue weighted by molar-refractivity contribution is 0.0462. The van der Waals surface area contributed by atoms with Crippen LogP contribution in [0.15, 0.2) is 22.8 Å². The van der Waals surface area contributed by atoms with Gasteiger partial charge in [-0.25, -0.2) is 9.59 Å². The molecule has 0 spiro atoms. The largest absolute Gasteiger partial charge is 0.465 e. The summed E-state index contributed by atoms with van der Waals surface area (Å²) in [5.74, 6) is -1.57. The summed E-state index contributed by atoms with van der Waals surface area (Å²) >= 11 is 0. The van der Waals surface area contributed by atoms with E-state index < -0.39 is 24.3 Å². The standard InChI is InChI=1S/C16H17NO6/c1-4-10-13(15(19)21-3)9(2)14(17-10)16(20)23-8-11(18)12-6-5-7-22-12/h5-7,17H,4,8H2,1-3H3. The fourth-order valence-electron chi connectivity index (χ4n) is 2.22. The van der Waals surface area contributed by atoms with E-state index >= 15 is 0 Å². The number of methoxy groups -OCH3 is 1. The molecule has 0 atom stereocenters. The molecule has 0 saturated carbocycles. The van der Waals surface area contributed by atoms with Crippen LogP contribution < -0.4 is 0 Å². The number of furan rings is 1. The van der Waals surface area contributed by atoms with Crippen molar-refractivity contribution in [1.29, 1.82) is 0 Å². The summed E-state index contributed by atoms with van der Waals surface area (Å²) in [6, 6.07) is 3.06. The third kappa shape index (κ3) is 3.33. The second kappa shape index (κ2) is 6.95. The molecule has 0 radical (unpaired) electrons. The molecule has 0 bridgehead atoms. The number of esters is 2. The predicted molar refractivity (Wildman–Crippen MR) is 79.6 cm³/mol. The van der Waals surface area contributed by atoms with Crippen LogP contribution in [0.25, 0.3) is 0 Å². The first-order chi connectivity index (χ1) is 11.0. The molecule has 2 aromatic heterocycles. The number of Topliss-reactive ketones (excluding diaryl/α,β-unsaturated/α-hetero) is 1. The molecule has 0 aromatic carbocycles. The van der Waals surface area contributed by atoms with Crippen LogP contribution in [-0.2, 0) is 15.9 Å². The van der Waals surface area contributed by atoms with Gasteiger partial charge < -0.3 is 18.9 Å². The summed E-state index contributed by atoms with van der Waals surface area (Å²) in [5.41, 5.74) is 1.47. The van der Waals surface area contributed by atoms with Crippen molar-refractivity contribution in [3.05, 3.63) is 46.7 Å². The van der Waals surface area contributed by atoms with Crippen molar-refractivity contribution in [3.8, 4) is 0 Å². The summed E-state index contributed by atoms with van der Waals surface area (Å²) < 4.78 is 14.6. The molecule has 2 rings (SSSR count). The molecule has 0 saturated heterocycles. The fourth-order valence-corrected chi connectivity index (χ4v) is 2.22. The van der Waals surface area contributed by atoms with Crippen LogP contribution in [0.4, 0.5) is 0 Å². The average molecular weight is 319 g/mol. The first-order valence-electron chi connectivity index (χ1n) is 7.03. The molecule has 0 fully saturated rings. The van der Waals surface area contributed by atoms with Crippen molar-refractivity contribution in [1.82, 2.24) is 4.98 Å². The Hall–Kier alpha value is -2.83. The lowest BCUT2D eigenvalue weighted by atomic mass is 10.1. The van der Waals surface area contributed by atoms with Gasteiger partial charge in [-0.15, -0.1) is 0 Å². The minimum absolute atomic E-state index is 0.116. The van der Waals surface area contributed by atoms with Gasteiger partial charge in [-0.05, 0) is 31.0 Å². The number of aromatic amines is 1. The molecule has 0 unspecified atom stereocenters. The van der Waals surface area contributed by atoms with Crippen molar-refractivity contribution < 1.29 is 28.3 Å². The number of aryl methyl sites for hydroxylation is 1. The van der Waals surface area contributed by atoms with Gasteiger partial charge in [0.15, 0.2) is 12.4 Å². The highest BCUT2D eigenvalue weighted by molar-refractivity contribution is 6.00. The van der Waals surface area contributed by atoms with Crippen molar-refractivity contribution in [3.63, 3.8) is 0 Å². The maximum absolute atomic E-state index is 12.1. The van der Waals surface area contributed by atoms with E-state index in [1.807, 2.05) is 6.92 Å². The molecule has 0 amide bonds. The minimum Gasteiger partial charge on any atom is -0.465 e. The predicted octanol–water partition coefficient (Wildman–Crippen LogP) is 2.30. The first kappa shape index (κ1) is 16.5. The number of ketones is 1. The summed E-state index contributed by atoms with van der Waals surface area (Å²) in [4.78, 5) is 38.6. The van der Waals surface area contributed by atoms with Crippen LogP contribution in [0.5, 0.6) is 0 Å². The Kier molecular flexibility index (Phi) is 5.00. The molecular formula is C16H17NO6. The van der Waals surface area contributed by atoms with Crippen molar-refractivity contribution >= 4 is 17.7 Å². The van der Waals surface area contributed by atoms with Crippen molar-refractivity contribution in [2.45, 2.75) is 20.3 Å². The normalized spacial score (nSPS) is 10.4. The van der Waals surface area contributed by atoms with E-state index in [9.17, 15) is 14.4 Å². The lowest BCUT2D eigenvalue weighted by Crippen LogP contribution is -2.15. The molecule has 0 aliphatic heterocycles. The van der Waals surface area contributed by atoms with Crippen LogP contribution in [-0.4, -0.2) is 36.4 Å². The molecule has 23 heavy (non-hydrogen) atoms.